The molecule has 12 heteroatoms. The zero-order valence-corrected chi connectivity index (χ0v) is 13.5. The molecule has 0 spiro atoms. The van der Waals surface area contributed by atoms with E-state index in [2.05, 4.69) is 20.8 Å². The van der Waals surface area contributed by atoms with E-state index in [1.54, 1.807) is 20.8 Å². The Hall–Kier alpha value is 0.879. The Morgan fingerprint density at radius 1 is 0.556 bits per heavy atom. The van der Waals surface area contributed by atoms with Crippen LogP contribution in [0.1, 0.15) is 20.8 Å². The summed E-state index contributed by atoms with van der Waals surface area (Å²) >= 11 is 0. The molecule has 15 N–H and O–H groups in total. The fourth-order valence-corrected chi connectivity index (χ4v) is 0. The molecule has 129 valence electrons. The number of hydrogen-bond donors (Lipinski definition) is 3. The molecular weight excluding hydrogens is 338 g/mol. The summed E-state index contributed by atoms with van der Waals surface area (Å²) in [5.41, 5.74) is 0. The third kappa shape index (κ3) is 5500. The number of rotatable bonds is 0. The zero-order valence-electron chi connectivity index (χ0n) is 10.7. The van der Waals surface area contributed by atoms with Crippen LogP contribution in [0.4, 0.5) is 0 Å². The molecule has 0 aliphatic rings. The van der Waals surface area contributed by atoms with Gasteiger partial charge in [0.1, 0.15) is 0 Å². The van der Waals surface area contributed by atoms with Gasteiger partial charge >= 0.3 is 25.7 Å². The molecule has 9 nitrogen and oxygen atoms in total. The first-order valence-corrected chi connectivity index (χ1v) is 3.92. The minimum Gasteiger partial charge on any atom is -0.412 e. The standard InChI is InChI=1S/3C2H5.ClH.Fe.H3O3P.6H2O/c3*1-2;;;1-4(2)3;;;;;;/h3*1H2,2H3;1H;;1-3H;6*1H2/q3*-1;;+3;;;;;;;. The van der Waals surface area contributed by atoms with E-state index in [-0.39, 0.29) is 62.3 Å². The molecular formula is C6H31ClFeO9P. The van der Waals surface area contributed by atoms with E-state index >= 15 is 0 Å². The third-order valence-electron chi connectivity index (χ3n) is 0. The van der Waals surface area contributed by atoms with Crippen LogP contribution in [0.15, 0.2) is 0 Å². The average Bonchev–Trinajstić information content (AvgIpc) is 1.98. The zero-order chi connectivity index (χ0) is 9.58. The summed E-state index contributed by atoms with van der Waals surface area (Å²) in [5.74, 6) is 0. The summed E-state index contributed by atoms with van der Waals surface area (Å²) in [7, 11) is -2.62. The SMILES string of the molecule is Cl.O.O.O.O.O.O.OP(O)O.[CH2-]C.[CH2-]C.[CH2-]C.[Fe+3]. The van der Waals surface area contributed by atoms with Crippen LogP contribution in [-0.4, -0.2) is 47.5 Å². The van der Waals surface area contributed by atoms with E-state index in [1.807, 2.05) is 0 Å². The van der Waals surface area contributed by atoms with E-state index in [0.29, 0.717) is 0 Å². The summed E-state index contributed by atoms with van der Waals surface area (Å²) in [6.07, 6.45) is 0. The maximum absolute atomic E-state index is 7.23. The Morgan fingerprint density at radius 3 is 0.556 bits per heavy atom. The molecule has 0 aliphatic heterocycles. The topological polar surface area (TPSA) is 250 Å². The van der Waals surface area contributed by atoms with Crippen molar-refractivity contribution in [3.05, 3.63) is 20.8 Å². The molecule has 0 aromatic carbocycles. The summed E-state index contributed by atoms with van der Waals surface area (Å²) in [6.45, 7) is 15.0. The summed E-state index contributed by atoms with van der Waals surface area (Å²) in [5, 5.41) is 0. The van der Waals surface area contributed by atoms with Gasteiger partial charge < -0.3 is 68.3 Å². The van der Waals surface area contributed by atoms with Crippen molar-refractivity contribution in [1.82, 2.24) is 0 Å². The van der Waals surface area contributed by atoms with Crippen LogP contribution in [0.2, 0.25) is 0 Å². The van der Waals surface area contributed by atoms with E-state index < -0.39 is 8.60 Å². The van der Waals surface area contributed by atoms with Crippen molar-refractivity contribution in [2.24, 2.45) is 0 Å². The van der Waals surface area contributed by atoms with Gasteiger partial charge in [-0.3, -0.25) is 0 Å². The van der Waals surface area contributed by atoms with Crippen LogP contribution in [0.25, 0.3) is 0 Å². The fraction of sp³-hybridized carbons (Fsp3) is 0.500. The monoisotopic (exact) mass is 369 g/mol. The van der Waals surface area contributed by atoms with E-state index in [1.165, 1.54) is 0 Å². The van der Waals surface area contributed by atoms with E-state index in [0.717, 1.165) is 0 Å². The van der Waals surface area contributed by atoms with Crippen LogP contribution < -0.4 is 0 Å². The second-order valence-electron chi connectivity index (χ2n) is 0.268. The van der Waals surface area contributed by atoms with Crippen molar-refractivity contribution in [2.75, 3.05) is 0 Å². The molecule has 0 fully saturated rings. The molecule has 0 saturated heterocycles. The Balaban J connectivity index is -0.00000000241. The Kier molecular flexibility index (Phi) is 2400. The fourth-order valence-electron chi connectivity index (χ4n) is 0. The maximum Gasteiger partial charge on any atom is 3.00 e. The Morgan fingerprint density at radius 2 is 0.556 bits per heavy atom. The molecule has 0 unspecified atom stereocenters. The molecule has 1 radical (unpaired) electrons. The second-order valence-corrected chi connectivity index (χ2v) is 0.805. The third-order valence-corrected chi connectivity index (χ3v) is 0. The smallest absolute Gasteiger partial charge is 0.412 e. The predicted molar refractivity (Wildman–Crippen MR) is 75.6 cm³/mol. The van der Waals surface area contributed by atoms with Crippen molar-refractivity contribution in [1.29, 1.82) is 0 Å². The number of hydrogen-bond acceptors (Lipinski definition) is 3. The summed E-state index contributed by atoms with van der Waals surface area (Å²) in [4.78, 5) is 21.7. The van der Waals surface area contributed by atoms with Crippen LogP contribution >= 0.6 is 21.0 Å². The van der Waals surface area contributed by atoms with Crippen LogP contribution in [-0.2, 0) is 17.1 Å². The molecule has 0 heterocycles. The Bertz CT molecular complexity index is 35.8. The molecule has 0 aromatic heterocycles. The second kappa shape index (κ2) is 338. The first-order chi connectivity index (χ1) is 4.73. The molecule has 0 bridgehead atoms. The van der Waals surface area contributed by atoms with Gasteiger partial charge in [0.25, 0.3) is 0 Å². The molecule has 0 rings (SSSR count). The van der Waals surface area contributed by atoms with Gasteiger partial charge in [-0.1, -0.05) is 0 Å². The first kappa shape index (κ1) is 128. The minimum atomic E-state index is -2.62. The van der Waals surface area contributed by atoms with Gasteiger partial charge in [-0.05, 0) is 0 Å². The molecule has 0 atom stereocenters. The van der Waals surface area contributed by atoms with Crippen molar-refractivity contribution in [3.8, 4) is 0 Å². The van der Waals surface area contributed by atoms with Crippen LogP contribution in [0.3, 0.4) is 0 Å². The molecule has 0 amide bonds. The van der Waals surface area contributed by atoms with Gasteiger partial charge in [0.2, 0.25) is 0 Å². The molecule has 0 aliphatic carbocycles. The van der Waals surface area contributed by atoms with Crippen molar-refractivity contribution in [2.45, 2.75) is 20.8 Å². The predicted octanol–water partition coefficient (Wildman–Crippen LogP) is -2.82. The van der Waals surface area contributed by atoms with Gasteiger partial charge in [0.15, 0.2) is 0 Å². The van der Waals surface area contributed by atoms with Crippen molar-refractivity contribution in [3.63, 3.8) is 0 Å². The molecule has 0 aromatic rings. The molecule has 0 saturated carbocycles. The van der Waals surface area contributed by atoms with Crippen LogP contribution in [0, 0.1) is 20.8 Å². The van der Waals surface area contributed by atoms with Crippen LogP contribution in [0.5, 0.6) is 0 Å². The first-order valence-electron chi connectivity index (χ1n) is 2.72. The minimum absolute atomic E-state index is 0. The van der Waals surface area contributed by atoms with Crippen molar-refractivity contribution < 1.29 is 64.6 Å². The van der Waals surface area contributed by atoms with Gasteiger partial charge in [-0.25, -0.2) is 0 Å². The van der Waals surface area contributed by atoms with Crippen molar-refractivity contribution >= 4 is 21.0 Å². The van der Waals surface area contributed by atoms with E-state index in [4.69, 9.17) is 14.7 Å². The van der Waals surface area contributed by atoms with Gasteiger partial charge in [-0.15, -0.1) is 12.4 Å². The maximum atomic E-state index is 7.23. The van der Waals surface area contributed by atoms with Gasteiger partial charge in [-0.2, -0.15) is 20.8 Å². The average molecular weight is 370 g/mol. The molecule has 18 heavy (non-hydrogen) atoms. The van der Waals surface area contributed by atoms with Gasteiger partial charge in [0, 0.05) is 0 Å². The summed E-state index contributed by atoms with van der Waals surface area (Å²) in [6, 6.07) is 0. The largest absolute Gasteiger partial charge is 3.00 e. The van der Waals surface area contributed by atoms with Gasteiger partial charge in [0.05, 0.1) is 0 Å². The summed E-state index contributed by atoms with van der Waals surface area (Å²) < 4.78 is 0. The van der Waals surface area contributed by atoms with E-state index in [9.17, 15) is 0 Å². The quantitative estimate of drug-likeness (QED) is 0.232. The Labute approximate surface area is 127 Å². The normalized spacial score (nSPS) is 3.00. The number of halogens is 1.